The predicted molar refractivity (Wildman–Crippen MR) is 76.4 cm³/mol. The minimum absolute atomic E-state index is 0.199. The number of carbonyl (C=O) groups is 1. The van der Waals surface area contributed by atoms with E-state index in [4.69, 9.17) is 11.6 Å². The maximum Gasteiger partial charge on any atom is 0.255 e. The van der Waals surface area contributed by atoms with E-state index in [0.29, 0.717) is 10.7 Å². The number of hydrogen-bond donors (Lipinski definition) is 1. The van der Waals surface area contributed by atoms with Gasteiger partial charge in [0.05, 0.1) is 0 Å². The molecule has 0 bridgehead atoms. The molecule has 0 saturated heterocycles. The van der Waals surface area contributed by atoms with E-state index in [9.17, 15) is 4.79 Å². The Kier molecular flexibility index (Phi) is 3.96. The molecule has 1 N–H and O–H groups in total. The Labute approximate surface area is 117 Å². The third kappa shape index (κ3) is 3.41. The van der Waals surface area contributed by atoms with Crippen molar-refractivity contribution in [1.29, 1.82) is 0 Å². The number of hydrogen-bond acceptors (Lipinski definition) is 2. The second kappa shape index (κ2) is 5.46. The van der Waals surface area contributed by atoms with Crippen LogP contribution in [0, 0.1) is 3.57 Å². The van der Waals surface area contributed by atoms with Gasteiger partial charge in [-0.05, 0) is 59.0 Å². The molecule has 0 spiro atoms. The summed E-state index contributed by atoms with van der Waals surface area (Å²) in [5, 5.41) is 3.09. The summed E-state index contributed by atoms with van der Waals surface area (Å²) in [7, 11) is 0. The second-order valence-corrected chi connectivity index (χ2v) is 4.96. The van der Waals surface area contributed by atoms with E-state index < -0.39 is 0 Å². The average Bonchev–Trinajstić information content (AvgIpc) is 2.32. The highest BCUT2D eigenvalue weighted by Gasteiger charge is 2.06. The van der Waals surface area contributed by atoms with E-state index in [1.807, 2.05) is 24.3 Å². The smallest absolute Gasteiger partial charge is 0.255 e. The quantitative estimate of drug-likeness (QED) is 0.658. The van der Waals surface area contributed by atoms with E-state index in [0.717, 1.165) is 9.26 Å². The molecule has 0 fully saturated rings. The molecule has 0 unspecified atom stereocenters. The largest absolute Gasteiger partial charge is 0.322 e. The van der Waals surface area contributed by atoms with Crippen LogP contribution in [0.4, 0.5) is 5.69 Å². The summed E-state index contributed by atoms with van der Waals surface area (Å²) in [4.78, 5) is 15.7. The highest BCUT2D eigenvalue weighted by atomic mass is 127. The fraction of sp³-hybridized carbons (Fsp3) is 0. The SMILES string of the molecule is O=C(Nc1ccc(I)cc1)c1ccnc(Cl)c1. The van der Waals surface area contributed by atoms with Gasteiger partial charge in [0.2, 0.25) is 0 Å². The Morgan fingerprint density at radius 2 is 1.94 bits per heavy atom. The first-order valence-corrected chi connectivity index (χ1v) is 6.29. The highest BCUT2D eigenvalue weighted by molar-refractivity contribution is 14.1. The maximum atomic E-state index is 11.9. The molecule has 1 aromatic heterocycles. The van der Waals surface area contributed by atoms with Gasteiger partial charge in [-0.2, -0.15) is 0 Å². The lowest BCUT2D eigenvalue weighted by Crippen LogP contribution is -2.11. The van der Waals surface area contributed by atoms with E-state index in [-0.39, 0.29) is 5.91 Å². The van der Waals surface area contributed by atoms with Crippen LogP contribution in [0.1, 0.15) is 10.4 Å². The van der Waals surface area contributed by atoms with Gasteiger partial charge in [-0.3, -0.25) is 4.79 Å². The Morgan fingerprint density at radius 3 is 2.59 bits per heavy atom. The zero-order chi connectivity index (χ0) is 12.3. The van der Waals surface area contributed by atoms with E-state index in [1.165, 1.54) is 12.3 Å². The Morgan fingerprint density at radius 1 is 1.24 bits per heavy atom. The number of benzene rings is 1. The molecule has 0 aliphatic heterocycles. The van der Waals surface area contributed by atoms with Gasteiger partial charge in [-0.25, -0.2) is 4.98 Å². The molecular weight excluding hydrogens is 351 g/mol. The van der Waals surface area contributed by atoms with Crippen molar-refractivity contribution in [2.45, 2.75) is 0 Å². The van der Waals surface area contributed by atoms with Crippen LogP contribution in [-0.4, -0.2) is 10.9 Å². The Bertz CT molecular complexity index is 542. The first-order chi connectivity index (χ1) is 8.15. The van der Waals surface area contributed by atoms with Crippen molar-refractivity contribution in [3.63, 3.8) is 0 Å². The van der Waals surface area contributed by atoms with Gasteiger partial charge in [0.15, 0.2) is 0 Å². The molecule has 2 rings (SSSR count). The molecule has 1 amide bonds. The third-order valence-electron chi connectivity index (χ3n) is 2.09. The van der Waals surface area contributed by atoms with Gasteiger partial charge in [-0.1, -0.05) is 11.6 Å². The number of pyridine rings is 1. The van der Waals surface area contributed by atoms with Crippen molar-refractivity contribution in [2.24, 2.45) is 0 Å². The van der Waals surface area contributed by atoms with Crippen LogP contribution in [0.15, 0.2) is 42.6 Å². The van der Waals surface area contributed by atoms with Gasteiger partial charge < -0.3 is 5.32 Å². The summed E-state index contributed by atoms with van der Waals surface area (Å²) in [6.45, 7) is 0. The van der Waals surface area contributed by atoms with Gasteiger partial charge in [0.1, 0.15) is 5.15 Å². The van der Waals surface area contributed by atoms with E-state index in [2.05, 4.69) is 32.9 Å². The highest BCUT2D eigenvalue weighted by Crippen LogP contribution is 2.13. The number of halogens is 2. The number of nitrogens with one attached hydrogen (secondary N) is 1. The number of anilines is 1. The summed E-state index contributed by atoms with van der Waals surface area (Å²) < 4.78 is 1.12. The van der Waals surface area contributed by atoms with Crippen molar-refractivity contribution < 1.29 is 4.79 Å². The van der Waals surface area contributed by atoms with Gasteiger partial charge in [-0.15, -0.1) is 0 Å². The molecule has 2 aromatic rings. The molecule has 0 aliphatic rings. The molecule has 1 heterocycles. The number of amides is 1. The Balaban J connectivity index is 2.14. The first-order valence-electron chi connectivity index (χ1n) is 4.83. The van der Waals surface area contributed by atoms with Gasteiger partial charge >= 0.3 is 0 Å². The molecule has 1 aromatic carbocycles. The monoisotopic (exact) mass is 358 g/mol. The lowest BCUT2D eigenvalue weighted by molar-refractivity contribution is 0.102. The van der Waals surface area contributed by atoms with Crippen molar-refractivity contribution in [3.05, 3.63) is 56.9 Å². The van der Waals surface area contributed by atoms with Crippen LogP contribution in [0.3, 0.4) is 0 Å². The standard InChI is InChI=1S/C12H8ClIN2O/c13-11-7-8(5-6-15-11)12(17)16-10-3-1-9(14)2-4-10/h1-7H,(H,16,17). The van der Waals surface area contributed by atoms with Crippen molar-refractivity contribution in [3.8, 4) is 0 Å². The fourth-order valence-electron chi connectivity index (χ4n) is 1.28. The fourth-order valence-corrected chi connectivity index (χ4v) is 1.81. The van der Waals surface area contributed by atoms with Crippen molar-refractivity contribution in [2.75, 3.05) is 5.32 Å². The summed E-state index contributed by atoms with van der Waals surface area (Å²) >= 11 is 7.93. The number of nitrogens with zero attached hydrogens (tertiary/aromatic N) is 1. The Hall–Kier alpha value is -1.14. The van der Waals surface area contributed by atoms with E-state index in [1.54, 1.807) is 6.07 Å². The molecule has 3 nitrogen and oxygen atoms in total. The minimum Gasteiger partial charge on any atom is -0.322 e. The minimum atomic E-state index is -0.199. The number of rotatable bonds is 2. The van der Waals surface area contributed by atoms with Crippen LogP contribution in [0.5, 0.6) is 0 Å². The molecule has 0 radical (unpaired) electrons. The average molecular weight is 359 g/mol. The summed E-state index contributed by atoms with van der Waals surface area (Å²) in [6.07, 6.45) is 1.51. The molecule has 0 saturated carbocycles. The molecule has 5 heteroatoms. The normalized spacial score (nSPS) is 10.0. The zero-order valence-electron chi connectivity index (χ0n) is 8.65. The molecule has 0 atom stereocenters. The predicted octanol–water partition coefficient (Wildman–Crippen LogP) is 3.59. The van der Waals surface area contributed by atoms with Gasteiger partial charge in [0, 0.05) is 21.0 Å². The second-order valence-electron chi connectivity index (χ2n) is 3.33. The molecule has 17 heavy (non-hydrogen) atoms. The number of aromatic nitrogens is 1. The summed E-state index contributed by atoms with van der Waals surface area (Å²) in [5.41, 5.74) is 1.24. The van der Waals surface area contributed by atoms with Crippen LogP contribution >= 0.6 is 34.2 Å². The molecule has 86 valence electrons. The van der Waals surface area contributed by atoms with E-state index >= 15 is 0 Å². The summed E-state index contributed by atoms with van der Waals surface area (Å²) in [6, 6.07) is 10.7. The van der Waals surface area contributed by atoms with Crippen LogP contribution in [0.25, 0.3) is 0 Å². The first kappa shape index (κ1) is 12.3. The van der Waals surface area contributed by atoms with Crippen LogP contribution < -0.4 is 5.32 Å². The van der Waals surface area contributed by atoms with Gasteiger partial charge in [0.25, 0.3) is 5.91 Å². The summed E-state index contributed by atoms with van der Waals surface area (Å²) in [5.74, 6) is -0.199. The topological polar surface area (TPSA) is 42.0 Å². The van der Waals surface area contributed by atoms with Crippen LogP contribution in [0.2, 0.25) is 5.15 Å². The van der Waals surface area contributed by atoms with Crippen LogP contribution in [-0.2, 0) is 0 Å². The molecular formula is C12H8ClIN2O. The third-order valence-corrected chi connectivity index (χ3v) is 3.02. The van der Waals surface area contributed by atoms with Crippen molar-refractivity contribution in [1.82, 2.24) is 4.98 Å². The lowest BCUT2D eigenvalue weighted by atomic mass is 10.2. The maximum absolute atomic E-state index is 11.9. The van der Waals surface area contributed by atoms with Crippen molar-refractivity contribution >= 4 is 45.8 Å². The lowest BCUT2D eigenvalue weighted by Gasteiger charge is -2.05. The number of carbonyl (C=O) groups excluding carboxylic acids is 1. The molecule has 0 aliphatic carbocycles. The zero-order valence-corrected chi connectivity index (χ0v) is 11.6.